The van der Waals surface area contributed by atoms with E-state index in [1.807, 2.05) is 13.8 Å². The Morgan fingerprint density at radius 2 is 1.39 bits per heavy atom. The van der Waals surface area contributed by atoms with Crippen LogP contribution in [0.1, 0.15) is 41.0 Å². The van der Waals surface area contributed by atoms with Crippen LogP contribution in [0.15, 0.2) is 0 Å². The van der Waals surface area contributed by atoms with Gasteiger partial charge in [-0.05, 0) is 33.1 Å². The summed E-state index contributed by atoms with van der Waals surface area (Å²) in [6.07, 6.45) is -0.430. The van der Waals surface area contributed by atoms with E-state index in [9.17, 15) is 14.4 Å². The Labute approximate surface area is 206 Å². The number of hydrogen-bond acceptors (Lipinski definition) is 5. The highest BCUT2D eigenvalue weighted by Crippen LogP contribution is 2.48. The Hall–Kier alpha value is -1.12. The molecule has 1 aromatic rings. The summed E-state index contributed by atoms with van der Waals surface area (Å²) in [6, 6.07) is -0.922. The van der Waals surface area contributed by atoms with E-state index in [1.54, 1.807) is 20.8 Å². The van der Waals surface area contributed by atoms with Crippen molar-refractivity contribution in [3.63, 3.8) is 0 Å². The molecule has 0 bridgehead atoms. The van der Waals surface area contributed by atoms with Crippen LogP contribution in [0.5, 0.6) is 5.75 Å². The van der Waals surface area contributed by atoms with Gasteiger partial charge < -0.3 is 20.1 Å². The molecule has 31 heavy (non-hydrogen) atoms. The average molecular weight is 537 g/mol. The Kier molecular flexibility index (Phi) is 10.5. The Bertz CT molecular complexity index is 826. The van der Waals surface area contributed by atoms with Crippen molar-refractivity contribution < 1.29 is 23.9 Å². The number of nitrogens with one attached hydrogen (secondary N) is 2. The molecule has 2 N–H and O–H groups in total. The summed E-state index contributed by atoms with van der Waals surface area (Å²) in [5.41, 5.74) is -0.730. The minimum atomic E-state index is -0.922. The van der Waals surface area contributed by atoms with Crippen LogP contribution < -0.4 is 15.4 Å². The summed E-state index contributed by atoms with van der Waals surface area (Å²) < 4.78 is 10.3. The number of esters is 1. The first kappa shape index (κ1) is 27.9. The number of hydrogen-bond donors (Lipinski definition) is 2. The zero-order valence-electron chi connectivity index (χ0n) is 17.5. The third-order valence-corrected chi connectivity index (χ3v) is 5.75. The summed E-state index contributed by atoms with van der Waals surface area (Å²) in [5.74, 6) is -1.70. The van der Waals surface area contributed by atoms with Crippen molar-refractivity contribution in [2.45, 2.75) is 52.7 Å². The zero-order chi connectivity index (χ0) is 24.1. The van der Waals surface area contributed by atoms with Gasteiger partial charge >= 0.3 is 12.1 Å². The largest absolute Gasteiger partial charge is 0.444 e. The predicted molar refractivity (Wildman–Crippen MR) is 123 cm³/mol. The van der Waals surface area contributed by atoms with Crippen molar-refractivity contribution in [3.8, 4) is 5.75 Å². The Morgan fingerprint density at radius 3 is 1.84 bits per heavy atom. The van der Waals surface area contributed by atoms with Crippen molar-refractivity contribution in [1.29, 1.82) is 0 Å². The maximum Gasteiger partial charge on any atom is 0.408 e. The van der Waals surface area contributed by atoms with E-state index in [1.165, 1.54) is 0 Å². The molecule has 0 aliphatic carbocycles. The summed E-state index contributed by atoms with van der Waals surface area (Å²) in [7, 11) is 0. The molecule has 0 aliphatic rings. The number of carbonyl (C=O) groups excluding carboxylic acids is 3. The molecular formula is C19H23Cl5N2O5. The molecule has 2 amide bonds. The Balaban J connectivity index is 2.82. The second-order valence-electron chi connectivity index (χ2n) is 7.92. The molecule has 174 valence electrons. The lowest BCUT2D eigenvalue weighted by Crippen LogP contribution is -2.50. The normalized spacial score (nSPS) is 12.4. The molecular weight excluding hydrogens is 513 g/mol. The molecule has 0 spiro atoms. The van der Waals surface area contributed by atoms with Gasteiger partial charge in [0.25, 0.3) is 0 Å². The van der Waals surface area contributed by atoms with Gasteiger partial charge in [-0.3, -0.25) is 4.79 Å². The number of amides is 2. The standard InChI is InChI=1S/C19H23Cl5N2O5/c1-8(2)6-9(26-18(29)31-19(3,4)5)17(28)25-7-10(27)30-16-14(23)12(21)11(20)13(22)15(16)24/h8-9H,6-7H2,1-5H3,(H,25,28)(H,26,29)/t9-/m0/s1. The number of halogens is 5. The first-order valence-electron chi connectivity index (χ1n) is 9.13. The van der Waals surface area contributed by atoms with E-state index in [-0.39, 0.29) is 36.8 Å². The molecule has 7 nitrogen and oxygen atoms in total. The number of carbonyl (C=O) groups is 3. The lowest BCUT2D eigenvalue weighted by atomic mass is 10.0. The first-order valence-corrected chi connectivity index (χ1v) is 11.0. The average Bonchev–Trinajstić information content (AvgIpc) is 2.63. The van der Waals surface area contributed by atoms with Gasteiger partial charge in [0.15, 0.2) is 5.75 Å². The van der Waals surface area contributed by atoms with Crippen LogP contribution >= 0.6 is 58.0 Å². The zero-order valence-corrected chi connectivity index (χ0v) is 21.3. The number of benzene rings is 1. The van der Waals surface area contributed by atoms with Crippen molar-refractivity contribution in [1.82, 2.24) is 10.6 Å². The fourth-order valence-corrected chi connectivity index (χ4v) is 3.46. The van der Waals surface area contributed by atoms with Crippen LogP contribution in [0, 0.1) is 5.92 Å². The van der Waals surface area contributed by atoms with Crippen molar-refractivity contribution in [3.05, 3.63) is 25.1 Å². The minimum absolute atomic E-state index is 0.0774. The van der Waals surface area contributed by atoms with Crippen molar-refractivity contribution >= 4 is 76.0 Å². The molecule has 12 heteroatoms. The molecule has 1 rings (SSSR count). The topological polar surface area (TPSA) is 93.7 Å². The van der Waals surface area contributed by atoms with E-state index >= 15 is 0 Å². The van der Waals surface area contributed by atoms with Crippen LogP contribution in [0.3, 0.4) is 0 Å². The molecule has 0 radical (unpaired) electrons. The number of ether oxygens (including phenoxy) is 2. The molecule has 0 heterocycles. The Morgan fingerprint density at radius 1 is 0.903 bits per heavy atom. The van der Waals surface area contributed by atoms with E-state index in [2.05, 4.69) is 10.6 Å². The van der Waals surface area contributed by atoms with Gasteiger partial charge in [0.05, 0.1) is 15.1 Å². The van der Waals surface area contributed by atoms with Crippen molar-refractivity contribution in [2.24, 2.45) is 5.92 Å². The van der Waals surface area contributed by atoms with Gasteiger partial charge in [-0.15, -0.1) is 0 Å². The van der Waals surface area contributed by atoms with E-state index in [4.69, 9.17) is 67.5 Å². The highest BCUT2D eigenvalue weighted by Gasteiger charge is 2.27. The minimum Gasteiger partial charge on any atom is -0.444 e. The van der Waals surface area contributed by atoms with E-state index in [0.29, 0.717) is 6.42 Å². The lowest BCUT2D eigenvalue weighted by molar-refractivity contribution is -0.136. The van der Waals surface area contributed by atoms with Gasteiger partial charge in [-0.2, -0.15) is 0 Å². The van der Waals surface area contributed by atoms with Gasteiger partial charge in [-0.25, -0.2) is 9.59 Å². The van der Waals surface area contributed by atoms with Crippen LogP contribution in [0.4, 0.5) is 4.79 Å². The van der Waals surface area contributed by atoms with Crippen LogP contribution in [-0.2, 0) is 14.3 Å². The van der Waals surface area contributed by atoms with Crippen molar-refractivity contribution in [2.75, 3.05) is 6.54 Å². The number of alkyl carbamates (subject to hydrolysis) is 1. The second kappa shape index (κ2) is 11.7. The molecule has 0 unspecified atom stereocenters. The van der Waals surface area contributed by atoms with Gasteiger partial charge in [0.1, 0.15) is 28.2 Å². The first-order chi connectivity index (χ1) is 14.1. The molecule has 0 saturated carbocycles. The number of rotatable bonds is 7. The third kappa shape index (κ3) is 8.73. The highest BCUT2D eigenvalue weighted by molar-refractivity contribution is 6.55. The van der Waals surface area contributed by atoms with Gasteiger partial charge in [0.2, 0.25) is 5.91 Å². The molecule has 0 aromatic heterocycles. The van der Waals surface area contributed by atoms with E-state index < -0.39 is 36.2 Å². The smallest absolute Gasteiger partial charge is 0.408 e. The SMILES string of the molecule is CC(C)C[C@H](NC(=O)OC(C)(C)C)C(=O)NCC(=O)Oc1c(Cl)c(Cl)c(Cl)c(Cl)c1Cl. The summed E-state index contributed by atoms with van der Waals surface area (Å²) in [4.78, 5) is 36.8. The fourth-order valence-electron chi connectivity index (χ4n) is 2.26. The summed E-state index contributed by atoms with van der Waals surface area (Å²) in [5, 5.41) is 4.13. The monoisotopic (exact) mass is 534 g/mol. The molecule has 1 atom stereocenters. The fraction of sp³-hybridized carbons (Fsp3) is 0.526. The molecule has 1 aromatic carbocycles. The van der Waals surface area contributed by atoms with Crippen LogP contribution in [0.2, 0.25) is 25.1 Å². The van der Waals surface area contributed by atoms with Gasteiger partial charge in [-0.1, -0.05) is 71.9 Å². The van der Waals surface area contributed by atoms with Crippen LogP contribution in [0.25, 0.3) is 0 Å². The predicted octanol–water partition coefficient (Wildman–Crippen LogP) is 5.91. The molecule has 0 saturated heterocycles. The van der Waals surface area contributed by atoms with Crippen LogP contribution in [-0.4, -0.2) is 36.2 Å². The molecule has 0 aliphatic heterocycles. The third-order valence-electron chi connectivity index (χ3n) is 3.51. The maximum absolute atomic E-state index is 12.5. The maximum atomic E-state index is 12.5. The quantitative estimate of drug-likeness (QED) is 0.195. The highest BCUT2D eigenvalue weighted by atomic mass is 35.5. The summed E-state index contributed by atoms with van der Waals surface area (Å²) in [6.45, 7) is 8.32. The lowest BCUT2D eigenvalue weighted by Gasteiger charge is -2.24. The molecule has 0 fully saturated rings. The second-order valence-corrected chi connectivity index (χ2v) is 9.81. The van der Waals surface area contributed by atoms with E-state index in [0.717, 1.165) is 0 Å². The van der Waals surface area contributed by atoms with Gasteiger partial charge in [0, 0.05) is 0 Å². The summed E-state index contributed by atoms with van der Waals surface area (Å²) >= 11 is 29.8.